The zero-order valence-electron chi connectivity index (χ0n) is 16.3. The molecule has 0 radical (unpaired) electrons. The van der Waals surface area contributed by atoms with Gasteiger partial charge >= 0.3 is 0 Å². The highest BCUT2D eigenvalue weighted by atomic mass is 32.2. The average molecular weight is 402 g/mol. The van der Waals surface area contributed by atoms with Gasteiger partial charge in [0, 0.05) is 26.2 Å². The zero-order valence-corrected chi connectivity index (χ0v) is 17.1. The maximum atomic E-state index is 12.7. The first-order valence-corrected chi connectivity index (χ1v) is 11.0. The minimum atomic E-state index is -3.48. The zero-order chi connectivity index (χ0) is 20.1. The third-order valence-corrected chi connectivity index (χ3v) is 7.15. The van der Waals surface area contributed by atoms with Gasteiger partial charge in [0.2, 0.25) is 15.9 Å². The summed E-state index contributed by atoms with van der Waals surface area (Å²) >= 11 is 0. The van der Waals surface area contributed by atoms with Gasteiger partial charge in [0.25, 0.3) is 0 Å². The minimum absolute atomic E-state index is 0.0456. The molecule has 2 aromatic rings. The Bertz CT molecular complexity index is 880. The van der Waals surface area contributed by atoms with Crippen molar-refractivity contribution in [1.82, 2.24) is 14.5 Å². The van der Waals surface area contributed by atoms with E-state index in [1.54, 1.807) is 30.3 Å². The molecule has 2 unspecified atom stereocenters. The number of rotatable bonds is 6. The van der Waals surface area contributed by atoms with Crippen LogP contribution in [0.15, 0.2) is 65.6 Å². The first-order chi connectivity index (χ1) is 13.4. The Morgan fingerprint density at radius 2 is 1.43 bits per heavy atom. The number of hydrogen-bond acceptors (Lipinski definition) is 4. The van der Waals surface area contributed by atoms with Gasteiger partial charge in [-0.1, -0.05) is 48.5 Å². The first kappa shape index (κ1) is 20.5. The Hall–Kier alpha value is -2.22. The molecule has 6 nitrogen and oxygen atoms in total. The van der Waals surface area contributed by atoms with Gasteiger partial charge in [-0.2, -0.15) is 4.31 Å². The molecular weight excluding hydrogens is 374 g/mol. The second-order valence-electron chi connectivity index (χ2n) is 7.07. The monoisotopic (exact) mass is 401 g/mol. The summed E-state index contributed by atoms with van der Waals surface area (Å²) in [6.07, 6.45) is 0. The Morgan fingerprint density at radius 1 is 0.893 bits per heavy atom. The molecule has 0 aromatic heterocycles. The molecule has 3 rings (SSSR count). The molecular formula is C21H27N3O3S. The molecule has 1 N–H and O–H groups in total. The number of carbonyl (C=O) groups excluding carboxylic acids is 1. The SMILES string of the molecule is CC(NC(=O)C(C)N1CCN(S(=O)(=O)c2ccccc2)CC1)c1ccccc1. The molecule has 1 amide bonds. The number of carbonyl (C=O) groups is 1. The van der Waals surface area contributed by atoms with E-state index in [0.29, 0.717) is 31.1 Å². The molecule has 2 aromatic carbocycles. The summed E-state index contributed by atoms with van der Waals surface area (Å²) in [6.45, 7) is 5.64. The lowest BCUT2D eigenvalue weighted by molar-refractivity contribution is -0.127. The van der Waals surface area contributed by atoms with Gasteiger partial charge in [0.15, 0.2) is 0 Å². The van der Waals surface area contributed by atoms with Crippen molar-refractivity contribution in [3.8, 4) is 0 Å². The van der Waals surface area contributed by atoms with Gasteiger partial charge in [-0.25, -0.2) is 8.42 Å². The maximum absolute atomic E-state index is 12.7. The van der Waals surface area contributed by atoms with Crippen molar-refractivity contribution < 1.29 is 13.2 Å². The van der Waals surface area contributed by atoms with Gasteiger partial charge in [-0.15, -0.1) is 0 Å². The fourth-order valence-corrected chi connectivity index (χ4v) is 4.84. The summed E-state index contributed by atoms with van der Waals surface area (Å²) in [5.74, 6) is -0.0456. The predicted molar refractivity (Wildman–Crippen MR) is 109 cm³/mol. The van der Waals surface area contributed by atoms with Gasteiger partial charge in [-0.05, 0) is 31.5 Å². The summed E-state index contributed by atoms with van der Waals surface area (Å²) in [4.78, 5) is 15.0. The summed E-state index contributed by atoms with van der Waals surface area (Å²) in [5, 5.41) is 3.05. The van der Waals surface area contributed by atoms with Crippen LogP contribution in [0.3, 0.4) is 0 Å². The Kier molecular flexibility index (Phi) is 6.49. The van der Waals surface area contributed by atoms with E-state index < -0.39 is 10.0 Å². The molecule has 0 bridgehead atoms. The second kappa shape index (κ2) is 8.86. The molecule has 1 heterocycles. The number of benzene rings is 2. The number of amides is 1. The highest BCUT2D eigenvalue weighted by Gasteiger charge is 2.32. The van der Waals surface area contributed by atoms with Gasteiger partial charge in [0.1, 0.15) is 0 Å². The van der Waals surface area contributed by atoms with Crippen molar-refractivity contribution in [1.29, 1.82) is 0 Å². The van der Waals surface area contributed by atoms with E-state index >= 15 is 0 Å². The lowest BCUT2D eigenvalue weighted by Gasteiger charge is -2.37. The average Bonchev–Trinajstić information content (AvgIpc) is 2.74. The van der Waals surface area contributed by atoms with Crippen LogP contribution in [0.4, 0.5) is 0 Å². The Balaban J connectivity index is 1.56. The predicted octanol–water partition coefficient (Wildman–Crippen LogP) is 2.26. The van der Waals surface area contributed by atoms with E-state index in [0.717, 1.165) is 5.56 Å². The summed E-state index contributed by atoms with van der Waals surface area (Å²) in [6, 6.07) is 17.9. The van der Waals surface area contributed by atoms with Crippen molar-refractivity contribution in [2.75, 3.05) is 26.2 Å². The van der Waals surface area contributed by atoms with E-state index in [1.807, 2.05) is 49.1 Å². The quantitative estimate of drug-likeness (QED) is 0.806. The van der Waals surface area contributed by atoms with Crippen molar-refractivity contribution in [2.45, 2.75) is 30.8 Å². The van der Waals surface area contributed by atoms with Crippen LogP contribution in [0.2, 0.25) is 0 Å². The summed E-state index contributed by atoms with van der Waals surface area (Å²) in [7, 11) is -3.48. The van der Waals surface area contributed by atoms with Crippen LogP contribution in [0, 0.1) is 0 Å². The van der Waals surface area contributed by atoms with E-state index in [2.05, 4.69) is 5.32 Å². The van der Waals surface area contributed by atoms with E-state index in [-0.39, 0.29) is 18.0 Å². The summed E-state index contributed by atoms with van der Waals surface area (Å²) < 4.78 is 27.0. The van der Waals surface area contributed by atoms with Gasteiger partial charge < -0.3 is 5.32 Å². The largest absolute Gasteiger partial charge is 0.348 e. The standard InChI is InChI=1S/C21H27N3O3S/c1-17(19-9-5-3-6-10-19)22-21(25)18(2)23-13-15-24(16-14-23)28(26,27)20-11-7-4-8-12-20/h3-12,17-18H,13-16H2,1-2H3,(H,22,25). The molecule has 0 aliphatic carbocycles. The van der Waals surface area contributed by atoms with Crippen LogP contribution in [-0.2, 0) is 14.8 Å². The Labute approximate surface area is 167 Å². The topological polar surface area (TPSA) is 69.7 Å². The van der Waals surface area contributed by atoms with Crippen LogP contribution in [0.1, 0.15) is 25.5 Å². The summed E-state index contributed by atoms with van der Waals surface area (Å²) in [5.41, 5.74) is 1.06. The Morgan fingerprint density at radius 3 is 2.00 bits per heavy atom. The van der Waals surface area contributed by atoms with Crippen molar-refractivity contribution in [2.24, 2.45) is 0 Å². The van der Waals surface area contributed by atoms with E-state index in [4.69, 9.17) is 0 Å². The number of nitrogens with one attached hydrogen (secondary N) is 1. The van der Waals surface area contributed by atoms with Crippen LogP contribution in [-0.4, -0.2) is 55.8 Å². The van der Waals surface area contributed by atoms with Gasteiger partial charge in [0.05, 0.1) is 17.0 Å². The number of piperazine rings is 1. The highest BCUT2D eigenvalue weighted by molar-refractivity contribution is 7.89. The van der Waals surface area contributed by atoms with Crippen LogP contribution < -0.4 is 5.32 Å². The minimum Gasteiger partial charge on any atom is -0.348 e. The lowest BCUT2D eigenvalue weighted by atomic mass is 10.1. The lowest BCUT2D eigenvalue weighted by Crippen LogP contribution is -2.55. The molecule has 0 spiro atoms. The first-order valence-electron chi connectivity index (χ1n) is 9.54. The van der Waals surface area contributed by atoms with Crippen molar-refractivity contribution >= 4 is 15.9 Å². The third-order valence-electron chi connectivity index (χ3n) is 5.24. The van der Waals surface area contributed by atoms with E-state index in [9.17, 15) is 13.2 Å². The highest BCUT2D eigenvalue weighted by Crippen LogP contribution is 2.18. The molecule has 2 atom stereocenters. The molecule has 28 heavy (non-hydrogen) atoms. The third kappa shape index (κ3) is 4.60. The number of nitrogens with zero attached hydrogens (tertiary/aromatic N) is 2. The molecule has 1 saturated heterocycles. The van der Waals surface area contributed by atoms with E-state index in [1.165, 1.54) is 4.31 Å². The fraction of sp³-hybridized carbons (Fsp3) is 0.381. The second-order valence-corrected chi connectivity index (χ2v) is 9.01. The van der Waals surface area contributed by atoms with Crippen LogP contribution in [0.5, 0.6) is 0 Å². The molecule has 1 fully saturated rings. The normalized spacial score (nSPS) is 18.4. The van der Waals surface area contributed by atoms with Crippen molar-refractivity contribution in [3.63, 3.8) is 0 Å². The van der Waals surface area contributed by atoms with Crippen LogP contribution >= 0.6 is 0 Å². The molecule has 1 aliphatic heterocycles. The number of sulfonamides is 1. The van der Waals surface area contributed by atoms with Crippen molar-refractivity contribution in [3.05, 3.63) is 66.2 Å². The molecule has 1 aliphatic rings. The smallest absolute Gasteiger partial charge is 0.243 e. The number of hydrogen-bond donors (Lipinski definition) is 1. The fourth-order valence-electron chi connectivity index (χ4n) is 3.40. The molecule has 0 saturated carbocycles. The van der Waals surface area contributed by atoms with Crippen LogP contribution in [0.25, 0.3) is 0 Å². The maximum Gasteiger partial charge on any atom is 0.243 e. The van der Waals surface area contributed by atoms with Gasteiger partial charge in [-0.3, -0.25) is 9.69 Å². The molecule has 150 valence electrons. The molecule has 7 heteroatoms.